The maximum atomic E-state index is 12.3. The smallest absolute Gasteiger partial charge is 0.222 e. The first-order chi connectivity index (χ1) is 10.1. The lowest BCUT2D eigenvalue weighted by molar-refractivity contribution is -0.123. The number of benzene rings is 1. The maximum Gasteiger partial charge on any atom is 0.222 e. The Bertz CT molecular complexity index is 428. The Hall–Kier alpha value is -1.39. The van der Waals surface area contributed by atoms with Crippen LogP contribution >= 0.6 is 0 Å². The van der Waals surface area contributed by atoms with E-state index in [9.17, 15) is 4.79 Å². The number of amides is 1. The van der Waals surface area contributed by atoms with Gasteiger partial charge in [-0.1, -0.05) is 44.2 Å². The first-order valence-corrected chi connectivity index (χ1v) is 7.80. The molecule has 0 bridgehead atoms. The van der Waals surface area contributed by atoms with E-state index in [0.717, 1.165) is 19.6 Å². The van der Waals surface area contributed by atoms with Crippen LogP contribution in [0.15, 0.2) is 30.3 Å². The van der Waals surface area contributed by atoms with E-state index in [4.69, 9.17) is 4.74 Å². The fourth-order valence-corrected chi connectivity index (χ4v) is 2.66. The molecule has 1 aliphatic rings. The molecule has 0 radical (unpaired) electrons. The Kier molecular flexibility index (Phi) is 6.21. The zero-order valence-electron chi connectivity index (χ0n) is 13.0. The number of carbonyl (C=O) groups excluding carboxylic acids is 1. The number of hydrogen-bond acceptors (Lipinski definition) is 3. The highest BCUT2D eigenvalue weighted by molar-refractivity contribution is 5.77. The van der Waals surface area contributed by atoms with Crippen LogP contribution in [-0.2, 0) is 9.53 Å². The van der Waals surface area contributed by atoms with Crippen molar-refractivity contribution in [2.24, 2.45) is 5.92 Å². The minimum Gasteiger partial charge on any atom is -0.378 e. The van der Waals surface area contributed by atoms with E-state index < -0.39 is 0 Å². The average Bonchev–Trinajstić information content (AvgIpc) is 2.48. The second-order valence-electron chi connectivity index (χ2n) is 6.09. The van der Waals surface area contributed by atoms with E-state index >= 15 is 0 Å². The number of carbonyl (C=O) groups is 1. The van der Waals surface area contributed by atoms with Crippen LogP contribution in [0.4, 0.5) is 0 Å². The molecule has 1 aromatic carbocycles. The van der Waals surface area contributed by atoms with Crippen molar-refractivity contribution in [2.75, 3.05) is 19.8 Å². The van der Waals surface area contributed by atoms with Gasteiger partial charge >= 0.3 is 0 Å². The molecule has 0 saturated carbocycles. The van der Waals surface area contributed by atoms with Crippen LogP contribution in [0.5, 0.6) is 0 Å². The van der Waals surface area contributed by atoms with Crippen LogP contribution in [0, 0.1) is 5.92 Å². The van der Waals surface area contributed by atoms with Gasteiger partial charge in [0.2, 0.25) is 5.91 Å². The number of nitrogens with one attached hydrogen (secondary N) is 2. The molecule has 1 heterocycles. The van der Waals surface area contributed by atoms with E-state index in [2.05, 4.69) is 36.6 Å². The Morgan fingerprint density at radius 2 is 2.14 bits per heavy atom. The second-order valence-corrected chi connectivity index (χ2v) is 6.09. The van der Waals surface area contributed by atoms with Crippen LogP contribution in [-0.4, -0.2) is 31.7 Å². The van der Waals surface area contributed by atoms with Crippen molar-refractivity contribution >= 4 is 5.91 Å². The van der Waals surface area contributed by atoms with Crippen molar-refractivity contribution in [3.63, 3.8) is 0 Å². The maximum absolute atomic E-state index is 12.3. The lowest BCUT2D eigenvalue weighted by Gasteiger charge is -2.25. The quantitative estimate of drug-likeness (QED) is 0.845. The van der Waals surface area contributed by atoms with Crippen molar-refractivity contribution < 1.29 is 9.53 Å². The molecule has 2 rings (SSSR count). The molecule has 0 spiro atoms. The van der Waals surface area contributed by atoms with Gasteiger partial charge in [-0.3, -0.25) is 4.79 Å². The normalized spacial score (nSPS) is 20.2. The zero-order chi connectivity index (χ0) is 15.1. The van der Waals surface area contributed by atoms with E-state index in [-0.39, 0.29) is 18.0 Å². The van der Waals surface area contributed by atoms with Gasteiger partial charge in [0.05, 0.1) is 19.3 Å². The molecule has 1 aliphatic heterocycles. The summed E-state index contributed by atoms with van der Waals surface area (Å²) in [4.78, 5) is 12.3. The molecule has 1 fully saturated rings. The number of morpholine rings is 1. The molecule has 21 heavy (non-hydrogen) atoms. The van der Waals surface area contributed by atoms with Crippen molar-refractivity contribution in [1.82, 2.24) is 10.6 Å². The molecular formula is C17H26N2O2. The van der Waals surface area contributed by atoms with Crippen molar-refractivity contribution in [2.45, 2.75) is 38.8 Å². The van der Waals surface area contributed by atoms with Gasteiger partial charge in [-0.05, 0) is 17.9 Å². The summed E-state index contributed by atoms with van der Waals surface area (Å²) in [5.74, 6) is 0.624. The predicted molar refractivity (Wildman–Crippen MR) is 84.0 cm³/mol. The van der Waals surface area contributed by atoms with Gasteiger partial charge in [0, 0.05) is 19.0 Å². The van der Waals surface area contributed by atoms with Crippen molar-refractivity contribution in [3.8, 4) is 0 Å². The lowest BCUT2D eigenvalue weighted by atomic mass is 9.96. The van der Waals surface area contributed by atoms with Gasteiger partial charge in [-0.15, -0.1) is 0 Å². The molecule has 0 aromatic heterocycles. The molecule has 1 aromatic rings. The zero-order valence-corrected chi connectivity index (χ0v) is 13.0. The number of rotatable bonds is 6. The summed E-state index contributed by atoms with van der Waals surface area (Å²) in [5, 5.41) is 6.50. The van der Waals surface area contributed by atoms with Gasteiger partial charge in [0.25, 0.3) is 0 Å². The van der Waals surface area contributed by atoms with E-state index in [1.807, 2.05) is 18.2 Å². The summed E-state index contributed by atoms with van der Waals surface area (Å²) in [6.07, 6.45) is 1.42. The van der Waals surface area contributed by atoms with Crippen LogP contribution < -0.4 is 10.6 Å². The molecule has 2 N–H and O–H groups in total. The summed E-state index contributed by atoms with van der Waals surface area (Å²) < 4.78 is 5.39. The molecule has 4 heteroatoms. The molecule has 2 atom stereocenters. The molecule has 1 amide bonds. The van der Waals surface area contributed by atoms with E-state index in [1.54, 1.807) is 0 Å². The highest BCUT2D eigenvalue weighted by Gasteiger charge is 2.20. The van der Waals surface area contributed by atoms with E-state index in [1.165, 1.54) is 5.56 Å². The van der Waals surface area contributed by atoms with Gasteiger partial charge in [0.1, 0.15) is 0 Å². The Morgan fingerprint density at radius 1 is 1.38 bits per heavy atom. The molecule has 116 valence electrons. The van der Waals surface area contributed by atoms with E-state index in [0.29, 0.717) is 18.9 Å². The van der Waals surface area contributed by atoms with Crippen LogP contribution in [0.3, 0.4) is 0 Å². The van der Waals surface area contributed by atoms with Crippen molar-refractivity contribution in [3.05, 3.63) is 35.9 Å². The second kappa shape index (κ2) is 8.15. The molecule has 0 aliphatic carbocycles. The summed E-state index contributed by atoms with van der Waals surface area (Å²) in [6, 6.07) is 10.4. The fraction of sp³-hybridized carbons (Fsp3) is 0.588. The summed E-state index contributed by atoms with van der Waals surface area (Å²) in [6.45, 7) is 6.54. The predicted octanol–water partition coefficient (Wildman–Crippen LogP) is 2.27. The van der Waals surface area contributed by atoms with Crippen LogP contribution in [0.1, 0.15) is 38.3 Å². The molecule has 4 nitrogen and oxygen atoms in total. The first kappa shape index (κ1) is 16.0. The largest absolute Gasteiger partial charge is 0.378 e. The standard InChI is InChI=1S/C17H26N2O2/c1-13(2)10-16(14-6-4-3-5-7-14)19-17(20)11-15-12-21-9-8-18-15/h3-7,13,15-16,18H,8-12H2,1-2H3,(H,19,20). The Labute approximate surface area is 127 Å². The minimum atomic E-state index is 0.0863. The van der Waals surface area contributed by atoms with Crippen molar-refractivity contribution in [1.29, 1.82) is 0 Å². The Morgan fingerprint density at radius 3 is 2.76 bits per heavy atom. The van der Waals surface area contributed by atoms with Gasteiger partial charge in [-0.25, -0.2) is 0 Å². The fourth-order valence-electron chi connectivity index (χ4n) is 2.66. The topological polar surface area (TPSA) is 50.4 Å². The van der Waals surface area contributed by atoms with Crippen LogP contribution in [0.2, 0.25) is 0 Å². The third kappa shape index (κ3) is 5.48. The van der Waals surface area contributed by atoms with Gasteiger partial charge in [0.15, 0.2) is 0 Å². The highest BCUT2D eigenvalue weighted by Crippen LogP contribution is 2.21. The summed E-state index contributed by atoms with van der Waals surface area (Å²) >= 11 is 0. The monoisotopic (exact) mass is 290 g/mol. The number of hydrogen-bond donors (Lipinski definition) is 2. The van der Waals surface area contributed by atoms with Gasteiger partial charge < -0.3 is 15.4 Å². The number of ether oxygens (including phenoxy) is 1. The summed E-state index contributed by atoms with van der Waals surface area (Å²) in [5.41, 5.74) is 1.17. The Balaban J connectivity index is 1.92. The molecule has 1 saturated heterocycles. The first-order valence-electron chi connectivity index (χ1n) is 7.80. The average molecular weight is 290 g/mol. The summed E-state index contributed by atoms with van der Waals surface area (Å²) in [7, 11) is 0. The molecular weight excluding hydrogens is 264 g/mol. The SMILES string of the molecule is CC(C)CC(NC(=O)CC1COCCN1)c1ccccc1. The highest BCUT2D eigenvalue weighted by atomic mass is 16.5. The lowest BCUT2D eigenvalue weighted by Crippen LogP contribution is -2.44. The van der Waals surface area contributed by atoms with Gasteiger partial charge in [-0.2, -0.15) is 0 Å². The molecule has 2 unspecified atom stereocenters. The third-order valence-corrected chi connectivity index (χ3v) is 3.67. The third-order valence-electron chi connectivity index (χ3n) is 3.67. The minimum absolute atomic E-state index is 0.0863. The van der Waals surface area contributed by atoms with Crippen LogP contribution in [0.25, 0.3) is 0 Å².